The van der Waals surface area contributed by atoms with E-state index in [0.717, 1.165) is 47.3 Å². The molecule has 0 aliphatic heterocycles. The second-order valence-corrected chi connectivity index (χ2v) is 10.7. The summed E-state index contributed by atoms with van der Waals surface area (Å²) in [6, 6.07) is 7.31. The SMILES string of the molecule is Cn1c(=O)c2c(nc3n(-c4ccccc4O)c(C45CC6CC(CC(C6)C4)C5)cn23)n(C)c1=O. The van der Waals surface area contributed by atoms with Crippen LogP contribution in [-0.2, 0) is 19.5 Å². The number of phenols is 1. The van der Waals surface area contributed by atoms with E-state index < -0.39 is 5.69 Å². The molecule has 3 heterocycles. The molecule has 170 valence electrons. The minimum atomic E-state index is -0.399. The first-order chi connectivity index (χ1) is 15.9. The van der Waals surface area contributed by atoms with Crippen LogP contribution in [-0.4, -0.2) is 28.2 Å². The summed E-state index contributed by atoms with van der Waals surface area (Å²) >= 11 is 0. The molecule has 0 amide bonds. The lowest BCUT2D eigenvalue weighted by Crippen LogP contribution is -2.49. The van der Waals surface area contributed by atoms with Crippen LogP contribution in [0.25, 0.3) is 22.6 Å². The number of para-hydroxylation sites is 2. The molecule has 0 atom stereocenters. The highest BCUT2D eigenvalue weighted by Crippen LogP contribution is 2.61. The van der Waals surface area contributed by atoms with E-state index in [4.69, 9.17) is 4.98 Å². The van der Waals surface area contributed by atoms with Crippen LogP contribution in [0, 0.1) is 17.8 Å². The average Bonchev–Trinajstić information content (AvgIpc) is 3.33. The molecule has 3 aromatic heterocycles. The number of aromatic hydroxyl groups is 1. The summed E-state index contributed by atoms with van der Waals surface area (Å²) in [6.07, 6.45) is 9.50. The zero-order valence-electron chi connectivity index (χ0n) is 18.9. The van der Waals surface area contributed by atoms with Gasteiger partial charge in [0.2, 0.25) is 5.78 Å². The van der Waals surface area contributed by atoms with Crippen LogP contribution in [0.1, 0.15) is 44.2 Å². The number of imidazole rings is 2. The molecule has 4 aliphatic rings. The maximum atomic E-state index is 13.2. The van der Waals surface area contributed by atoms with Crippen molar-refractivity contribution in [1.82, 2.24) is 23.1 Å². The van der Waals surface area contributed by atoms with Gasteiger partial charge in [0, 0.05) is 31.4 Å². The Kier molecular flexibility index (Phi) is 3.60. The van der Waals surface area contributed by atoms with Gasteiger partial charge in [0.05, 0.1) is 5.69 Å². The van der Waals surface area contributed by atoms with Gasteiger partial charge < -0.3 is 5.11 Å². The number of fused-ring (bicyclic) bond motifs is 3. The Bertz CT molecular complexity index is 1550. The van der Waals surface area contributed by atoms with E-state index in [2.05, 4.69) is 6.20 Å². The summed E-state index contributed by atoms with van der Waals surface area (Å²) in [6.45, 7) is 0. The van der Waals surface area contributed by atoms with Gasteiger partial charge in [-0.25, -0.2) is 4.79 Å². The van der Waals surface area contributed by atoms with Crippen molar-refractivity contribution in [2.75, 3.05) is 0 Å². The quantitative estimate of drug-likeness (QED) is 0.514. The van der Waals surface area contributed by atoms with Crippen LogP contribution in [0.5, 0.6) is 5.75 Å². The summed E-state index contributed by atoms with van der Waals surface area (Å²) in [5.74, 6) is 3.00. The summed E-state index contributed by atoms with van der Waals surface area (Å²) in [7, 11) is 3.14. The van der Waals surface area contributed by atoms with Gasteiger partial charge in [-0.05, 0) is 68.4 Å². The van der Waals surface area contributed by atoms with Crippen LogP contribution in [0.4, 0.5) is 0 Å². The van der Waals surface area contributed by atoms with Gasteiger partial charge in [-0.2, -0.15) is 4.98 Å². The number of benzene rings is 1. The third-order valence-corrected chi connectivity index (χ3v) is 8.67. The Morgan fingerprint density at radius 1 is 0.970 bits per heavy atom. The van der Waals surface area contributed by atoms with E-state index in [0.29, 0.717) is 22.6 Å². The maximum absolute atomic E-state index is 13.2. The minimum absolute atomic E-state index is 0.0238. The lowest BCUT2D eigenvalue weighted by molar-refractivity contribution is -0.00787. The van der Waals surface area contributed by atoms with Crippen molar-refractivity contribution >= 4 is 16.9 Å². The molecule has 4 fully saturated rings. The molecule has 4 bridgehead atoms. The topological polar surface area (TPSA) is 86.5 Å². The summed E-state index contributed by atoms with van der Waals surface area (Å²) in [5.41, 5.74) is 1.82. The number of phenolic OH excluding ortho intramolecular Hbond substituents is 1. The van der Waals surface area contributed by atoms with E-state index in [1.807, 2.05) is 27.2 Å². The molecule has 4 aromatic rings. The molecule has 0 spiro atoms. The van der Waals surface area contributed by atoms with Crippen molar-refractivity contribution in [3.8, 4) is 11.4 Å². The fourth-order valence-corrected chi connectivity index (χ4v) is 7.66. The molecule has 1 aromatic carbocycles. The van der Waals surface area contributed by atoms with Gasteiger partial charge in [-0.3, -0.25) is 22.9 Å². The van der Waals surface area contributed by atoms with Crippen molar-refractivity contribution in [2.45, 2.75) is 43.9 Å². The standard InChI is InChI=1S/C25H27N5O3/c1-27-21-20(22(32)28(2)24(27)33)29-13-19(25-10-14-7-15(11-25)9-16(8-14)12-25)30(23(29)26-21)17-5-3-4-6-18(17)31/h3-6,13-16,31H,7-12H2,1-2H3. The molecule has 0 unspecified atom stereocenters. The highest BCUT2D eigenvalue weighted by Gasteiger charge is 2.53. The Morgan fingerprint density at radius 3 is 2.24 bits per heavy atom. The molecule has 0 saturated heterocycles. The Labute approximate surface area is 189 Å². The first kappa shape index (κ1) is 19.2. The largest absolute Gasteiger partial charge is 0.506 e. The number of hydrogen-bond acceptors (Lipinski definition) is 4. The molecule has 8 rings (SSSR count). The number of hydrogen-bond donors (Lipinski definition) is 1. The number of aryl methyl sites for hydroxylation is 1. The van der Waals surface area contributed by atoms with Gasteiger partial charge >= 0.3 is 5.69 Å². The zero-order valence-corrected chi connectivity index (χ0v) is 18.9. The highest BCUT2D eigenvalue weighted by atomic mass is 16.3. The second-order valence-electron chi connectivity index (χ2n) is 10.7. The summed E-state index contributed by atoms with van der Waals surface area (Å²) < 4.78 is 6.45. The molecule has 8 nitrogen and oxygen atoms in total. The average molecular weight is 446 g/mol. The van der Waals surface area contributed by atoms with Gasteiger partial charge in [0.1, 0.15) is 5.75 Å². The fourth-order valence-electron chi connectivity index (χ4n) is 7.66. The third-order valence-electron chi connectivity index (χ3n) is 8.67. The van der Waals surface area contributed by atoms with Crippen molar-refractivity contribution in [1.29, 1.82) is 0 Å². The Morgan fingerprint density at radius 2 is 1.61 bits per heavy atom. The Hall–Kier alpha value is -3.29. The van der Waals surface area contributed by atoms with E-state index in [9.17, 15) is 14.7 Å². The third kappa shape index (κ3) is 2.38. The van der Waals surface area contributed by atoms with Crippen LogP contribution < -0.4 is 11.2 Å². The van der Waals surface area contributed by atoms with Crippen LogP contribution >= 0.6 is 0 Å². The van der Waals surface area contributed by atoms with Crippen molar-refractivity contribution in [3.05, 3.63) is 57.0 Å². The molecule has 33 heavy (non-hydrogen) atoms. The number of nitrogens with zero attached hydrogens (tertiary/aromatic N) is 5. The Balaban J connectivity index is 1.61. The summed E-state index contributed by atoms with van der Waals surface area (Å²) in [5, 5.41) is 10.8. The molecular formula is C25H27N5O3. The molecule has 4 saturated carbocycles. The van der Waals surface area contributed by atoms with Crippen LogP contribution in [0.15, 0.2) is 40.1 Å². The van der Waals surface area contributed by atoms with Gasteiger partial charge in [-0.1, -0.05) is 12.1 Å². The van der Waals surface area contributed by atoms with E-state index in [1.54, 1.807) is 13.1 Å². The smallest absolute Gasteiger partial charge is 0.332 e. The predicted octanol–water partition coefficient (Wildman–Crippen LogP) is 2.85. The van der Waals surface area contributed by atoms with E-state index >= 15 is 0 Å². The lowest BCUT2D eigenvalue weighted by Gasteiger charge is -2.56. The molecule has 0 radical (unpaired) electrons. The predicted molar refractivity (Wildman–Crippen MR) is 124 cm³/mol. The normalized spacial score (nSPS) is 28.4. The molecule has 8 heteroatoms. The first-order valence-corrected chi connectivity index (χ1v) is 11.8. The highest BCUT2D eigenvalue weighted by molar-refractivity contribution is 5.77. The molecule has 4 aliphatic carbocycles. The van der Waals surface area contributed by atoms with E-state index in [-0.39, 0.29) is 16.7 Å². The first-order valence-electron chi connectivity index (χ1n) is 11.8. The molecule has 1 N–H and O–H groups in total. The van der Waals surface area contributed by atoms with Crippen LogP contribution in [0.3, 0.4) is 0 Å². The van der Waals surface area contributed by atoms with E-state index in [1.165, 1.54) is 30.9 Å². The zero-order chi connectivity index (χ0) is 22.6. The molecular weight excluding hydrogens is 418 g/mol. The second kappa shape index (κ2) is 6.18. The van der Waals surface area contributed by atoms with Crippen LogP contribution in [0.2, 0.25) is 0 Å². The van der Waals surface area contributed by atoms with Gasteiger partial charge in [-0.15, -0.1) is 0 Å². The lowest BCUT2D eigenvalue weighted by atomic mass is 9.49. The number of aromatic nitrogens is 5. The van der Waals surface area contributed by atoms with Gasteiger partial charge in [0.25, 0.3) is 5.56 Å². The van der Waals surface area contributed by atoms with Crippen molar-refractivity contribution in [2.24, 2.45) is 31.8 Å². The maximum Gasteiger partial charge on any atom is 0.332 e. The van der Waals surface area contributed by atoms with Crippen molar-refractivity contribution < 1.29 is 5.11 Å². The van der Waals surface area contributed by atoms with Gasteiger partial charge in [0.15, 0.2) is 11.2 Å². The summed E-state index contributed by atoms with van der Waals surface area (Å²) in [4.78, 5) is 30.5. The number of rotatable bonds is 2. The minimum Gasteiger partial charge on any atom is -0.506 e. The monoisotopic (exact) mass is 445 g/mol. The van der Waals surface area contributed by atoms with Crippen molar-refractivity contribution in [3.63, 3.8) is 0 Å². The fraction of sp³-hybridized carbons (Fsp3) is 0.480.